The van der Waals surface area contributed by atoms with Crippen molar-refractivity contribution in [3.63, 3.8) is 0 Å². The topological polar surface area (TPSA) is 167 Å². The number of H-pyrrole nitrogens is 1. The van der Waals surface area contributed by atoms with Crippen molar-refractivity contribution in [3.05, 3.63) is 33.6 Å². The summed E-state index contributed by atoms with van der Waals surface area (Å²) in [6.45, 7) is 7.75. The van der Waals surface area contributed by atoms with Gasteiger partial charge in [-0.05, 0) is 43.9 Å². The number of hydrogen-bond acceptors (Lipinski definition) is 8. The number of carbonyl (C=O) groups is 2. The highest BCUT2D eigenvalue weighted by Crippen LogP contribution is 2.36. The molecule has 0 spiro atoms. The van der Waals surface area contributed by atoms with Gasteiger partial charge in [-0.25, -0.2) is 0 Å². The van der Waals surface area contributed by atoms with E-state index in [0.717, 1.165) is 85.7 Å². The smallest absolute Gasteiger partial charge is 0.320 e. The van der Waals surface area contributed by atoms with Gasteiger partial charge in [0.2, 0.25) is 0 Å². The lowest BCUT2D eigenvalue weighted by atomic mass is 9.99. The summed E-state index contributed by atoms with van der Waals surface area (Å²) in [5.74, 6) is -1.34. The fourth-order valence-electron chi connectivity index (χ4n) is 4.18. The zero-order chi connectivity index (χ0) is 25.4. The van der Waals surface area contributed by atoms with E-state index in [0.29, 0.717) is 6.61 Å². The van der Waals surface area contributed by atoms with Crippen LogP contribution >= 0.6 is 0 Å². The Hall–Kier alpha value is -3.15. The van der Waals surface area contributed by atoms with Gasteiger partial charge in [-0.2, -0.15) is 0 Å². The Morgan fingerprint density at radius 3 is 2.66 bits per heavy atom. The van der Waals surface area contributed by atoms with E-state index in [1.165, 1.54) is 0 Å². The van der Waals surface area contributed by atoms with Crippen LogP contribution in [0, 0.1) is 0 Å². The average molecular weight is 491 g/mol. The summed E-state index contributed by atoms with van der Waals surface area (Å²) >= 11 is 0. The van der Waals surface area contributed by atoms with Gasteiger partial charge in [0.15, 0.2) is 0 Å². The van der Waals surface area contributed by atoms with Crippen LogP contribution in [-0.4, -0.2) is 77.5 Å². The third-order valence-corrected chi connectivity index (χ3v) is 5.94. The SMILES string of the molecule is CCOc1cc(CN2CCOCC2)cc2[nH]c(=O)c3c(c12)NCCC3.NC(CCC(=O)O)C(=O)O. The molecule has 0 amide bonds. The summed E-state index contributed by atoms with van der Waals surface area (Å²) in [5, 5.41) is 20.7. The standard InChI is InChI=1S/C19H25N3O3.C5H9NO4/c1-2-25-16-11-13(12-22-6-8-24-9-7-22)10-15-17(16)18-14(19(23)21-15)4-3-5-20-18;6-3(5(9)10)1-2-4(7)8/h10-11,20H,2-9,12H2,1H3,(H,21,23);3H,1-2,6H2,(H,7,8)(H,9,10). The van der Waals surface area contributed by atoms with Gasteiger partial charge in [0.05, 0.1) is 36.4 Å². The Kier molecular flexibility index (Phi) is 9.47. The quantitative estimate of drug-likeness (QED) is 0.365. The number of carboxylic acid groups (broad SMARTS) is 2. The third-order valence-electron chi connectivity index (χ3n) is 5.94. The number of aromatic amines is 1. The number of ether oxygens (including phenoxy) is 2. The van der Waals surface area contributed by atoms with Crippen LogP contribution < -0.4 is 21.3 Å². The van der Waals surface area contributed by atoms with Crippen molar-refractivity contribution in [1.29, 1.82) is 0 Å². The molecule has 1 saturated heterocycles. The van der Waals surface area contributed by atoms with Crippen LogP contribution in [0.5, 0.6) is 5.75 Å². The summed E-state index contributed by atoms with van der Waals surface area (Å²) in [6.07, 6.45) is 1.58. The van der Waals surface area contributed by atoms with E-state index in [1.807, 2.05) is 6.92 Å². The molecule has 11 nitrogen and oxygen atoms in total. The van der Waals surface area contributed by atoms with E-state index in [1.54, 1.807) is 0 Å². The van der Waals surface area contributed by atoms with Crippen LogP contribution in [-0.2, 0) is 27.3 Å². The van der Waals surface area contributed by atoms with Gasteiger partial charge in [0, 0.05) is 38.2 Å². The van der Waals surface area contributed by atoms with Gasteiger partial charge in [-0.15, -0.1) is 0 Å². The van der Waals surface area contributed by atoms with Crippen molar-refractivity contribution in [2.45, 2.75) is 45.2 Å². The molecular weight excluding hydrogens is 456 g/mol. The lowest BCUT2D eigenvalue weighted by molar-refractivity contribution is -0.139. The Morgan fingerprint density at radius 1 is 1.26 bits per heavy atom. The third kappa shape index (κ3) is 7.17. The molecule has 1 aromatic heterocycles. The molecule has 1 unspecified atom stereocenters. The lowest BCUT2D eigenvalue weighted by Crippen LogP contribution is -2.35. The minimum absolute atomic E-state index is 0.0145. The zero-order valence-corrected chi connectivity index (χ0v) is 20.0. The minimum Gasteiger partial charge on any atom is -0.493 e. The maximum absolute atomic E-state index is 12.5. The molecule has 35 heavy (non-hydrogen) atoms. The lowest BCUT2D eigenvalue weighted by Gasteiger charge is -2.27. The molecule has 0 aliphatic carbocycles. The second-order valence-corrected chi connectivity index (χ2v) is 8.55. The highest BCUT2D eigenvalue weighted by Gasteiger charge is 2.20. The number of pyridine rings is 1. The molecule has 0 saturated carbocycles. The van der Waals surface area contributed by atoms with Crippen molar-refractivity contribution in [2.24, 2.45) is 5.73 Å². The number of morpholine rings is 1. The molecule has 2 aliphatic rings. The summed E-state index contributed by atoms with van der Waals surface area (Å²) in [4.78, 5) is 37.8. The monoisotopic (exact) mass is 490 g/mol. The molecule has 1 fully saturated rings. The molecule has 0 bridgehead atoms. The van der Waals surface area contributed by atoms with Crippen LogP contribution in [0.4, 0.5) is 5.69 Å². The van der Waals surface area contributed by atoms with Gasteiger partial charge in [0.1, 0.15) is 11.8 Å². The normalized spacial score (nSPS) is 16.4. The van der Waals surface area contributed by atoms with Gasteiger partial charge < -0.3 is 35.7 Å². The first-order valence-electron chi connectivity index (χ1n) is 11.9. The van der Waals surface area contributed by atoms with Crippen LogP contribution in [0.1, 0.15) is 37.3 Å². The van der Waals surface area contributed by atoms with E-state index >= 15 is 0 Å². The first-order valence-corrected chi connectivity index (χ1v) is 11.9. The summed E-state index contributed by atoms with van der Waals surface area (Å²) in [6, 6.07) is 3.15. The Bertz CT molecular complexity index is 1100. The fourth-order valence-corrected chi connectivity index (χ4v) is 4.18. The van der Waals surface area contributed by atoms with Crippen molar-refractivity contribution in [1.82, 2.24) is 9.88 Å². The average Bonchev–Trinajstić information content (AvgIpc) is 2.83. The van der Waals surface area contributed by atoms with Gasteiger partial charge in [-0.3, -0.25) is 19.3 Å². The molecule has 0 radical (unpaired) electrons. The first-order chi connectivity index (χ1) is 16.8. The highest BCUT2D eigenvalue weighted by molar-refractivity contribution is 5.98. The number of hydrogen-bond donors (Lipinski definition) is 5. The second kappa shape index (κ2) is 12.5. The zero-order valence-electron chi connectivity index (χ0n) is 20.0. The number of aliphatic carboxylic acids is 2. The predicted octanol–water partition coefficient (Wildman–Crippen LogP) is 1.38. The number of rotatable bonds is 8. The van der Waals surface area contributed by atoms with Crippen LogP contribution in [0.15, 0.2) is 16.9 Å². The molecule has 3 heterocycles. The summed E-state index contributed by atoms with van der Waals surface area (Å²) in [5.41, 5.74) is 8.83. The number of benzene rings is 1. The number of nitrogens with one attached hydrogen (secondary N) is 2. The number of carboxylic acids is 2. The van der Waals surface area contributed by atoms with E-state index in [9.17, 15) is 14.4 Å². The van der Waals surface area contributed by atoms with E-state index in [4.69, 9.17) is 25.4 Å². The molecule has 192 valence electrons. The minimum atomic E-state index is -1.17. The molecule has 6 N–H and O–H groups in total. The molecule has 2 aliphatic heterocycles. The first kappa shape index (κ1) is 26.5. The molecular formula is C24H34N4O7. The Morgan fingerprint density at radius 2 is 2.00 bits per heavy atom. The number of anilines is 1. The van der Waals surface area contributed by atoms with Gasteiger partial charge >= 0.3 is 11.9 Å². The Balaban J connectivity index is 0.000000292. The summed E-state index contributed by atoms with van der Waals surface area (Å²) in [7, 11) is 0. The van der Waals surface area contributed by atoms with Crippen molar-refractivity contribution < 1.29 is 29.3 Å². The summed E-state index contributed by atoms with van der Waals surface area (Å²) < 4.78 is 11.4. The van der Waals surface area contributed by atoms with E-state index in [2.05, 4.69) is 27.3 Å². The molecule has 1 atom stereocenters. The second-order valence-electron chi connectivity index (χ2n) is 8.55. The molecule has 11 heteroatoms. The largest absolute Gasteiger partial charge is 0.493 e. The van der Waals surface area contributed by atoms with Crippen LogP contribution in [0.3, 0.4) is 0 Å². The Labute approximate surface area is 203 Å². The van der Waals surface area contributed by atoms with Crippen molar-refractivity contribution in [2.75, 3.05) is 44.8 Å². The number of nitrogens with two attached hydrogens (primary N) is 1. The van der Waals surface area contributed by atoms with Crippen molar-refractivity contribution >= 4 is 28.5 Å². The fraction of sp³-hybridized carbons (Fsp3) is 0.542. The van der Waals surface area contributed by atoms with Crippen molar-refractivity contribution in [3.8, 4) is 5.75 Å². The maximum atomic E-state index is 12.5. The maximum Gasteiger partial charge on any atom is 0.320 e. The number of fused-ring (bicyclic) bond motifs is 3. The molecule has 4 rings (SSSR count). The molecule has 2 aromatic rings. The van der Waals surface area contributed by atoms with Crippen LogP contribution in [0.25, 0.3) is 10.9 Å². The van der Waals surface area contributed by atoms with Gasteiger partial charge in [-0.1, -0.05) is 0 Å². The molecule has 1 aromatic carbocycles. The van der Waals surface area contributed by atoms with Crippen LogP contribution in [0.2, 0.25) is 0 Å². The number of nitrogens with zero attached hydrogens (tertiary/aromatic N) is 1. The van der Waals surface area contributed by atoms with Gasteiger partial charge in [0.25, 0.3) is 5.56 Å². The van der Waals surface area contributed by atoms with E-state index < -0.39 is 18.0 Å². The predicted molar refractivity (Wildman–Crippen MR) is 131 cm³/mol. The highest BCUT2D eigenvalue weighted by atomic mass is 16.5. The number of aromatic nitrogens is 1. The van der Waals surface area contributed by atoms with E-state index in [-0.39, 0.29) is 18.4 Å².